The number of hydrogen-bond donors (Lipinski definition) is 1. The second kappa shape index (κ2) is 7.59. The number of phenolic OH excluding ortho intramolecular Hbond substituents is 1. The van der Waals surface area contributed by atoms with Gasteiger partial charge < -0.3 is 14.6 Å². The fourth-order valence-corrected chi connectivity index (χ4v) is 4.08. The molecule has 0 spiro atoms. The molecule has 1 aliphatic heterocycles. The monoisotopic (exact) mass is 437 g/mol. The highest BCUT2D eigenvalue weighted by atomic mass is 16.5. The van der Waals surface area contributed by atoms with E-state index in [2.05, 4.69) is 15.1 Å². The summed E-state index contributed by atoms with van der Waals surface area (Å²) in [6.45, 7) is 2.26. The van der Waals surface area contributed by atoms with Gasteiger partial charge in [-0.1, -0.05) is 29.8 Å². The van der Waals surface area contributed by atoms with Crippen molar-refractivity contribution in [3.8, 4) is 23.1 Å². The van der Waals surface area contributed by atoms with Crippen molar-refractivity contribution in [3.05, 3.63) is 101 Å². The summed E-state index contributed by atoms with van der Waals surface area (Å²) in [6, 6.07) is 16.8. The van der Waals surface area contributed by atoms with Gasteiger partial charge in [-0.2, -0.15) is 0 Å². The van der Waals surface area contributed by atoms with Gasteiger partial charge in [0, 0.05) is 29.9 Å². The van der Waals surface area contributed by atoms with Crippen LogP contribution in [-0.2, 0) is 6.61 Å². The SMILES string of the molecule is Cc1ccc(OCc2nc3c4c(ncn3n2)Oc2cc(O)ccc2C4c2cccnc2)cc1. The normalized spacial score (nSPS) is 14.4. The molecule has 0 bridgehead atoms. The van der Waals surface area contributed by atoms with Crippen molar-refractivity contribution in [2.24, 2.45) is 0 Å². The molecule has 2 aromatic carbocycles. The van der Waals surface area contributed by atoms with Crippen LogP contribution >= 0.6 is 0 Å². The van der Waals surface area contributed by atoms with Gasteiger partial charge in [-0.05, 0) is 36.8 Å². The first-order chi connectivity index (χ1) is 16.2. The first-order valence-electron chi connectivity index (χ1n) is 10.5. The summed E-state index contributed by atoms with van der Waals surface area (Å²) >= 11 is 0. The number of benzene rings is 2. The van der Waals surface area contributed by atoms with Crippen LogP contribution in [0, 0.1) is 6.92 Å². The minimum absolute atomic E-state index is 0.126. The summed E-state index contributed by atoms with van der Waals surface area (Å²) < 4.78 is 13.6. The Balaban J connectivity index is 1.44. The topological polar surface area (TPSA) is 94.7 Å². The molecule has 3 aromatic heterocycles. The van der Waals surface area contributed by atoms with Gasteiger partial charge in [-0.25, -0.2) is 14.5 Å². The van der Waals surface area contributed by atoms with E-state index in [0.717, 1.165) is 22.4 Å². The van der Waals surface area contributed by atoms with E-state index in [1.54, 1.807) is 29.2 Å². The van der Waals surface area contributed by atoms with Crippen LogP contribution in [-0.4, -0.2) is 29.7 Å². The Bertz CT molecular complexity index is 1470. The highest BCUT2D eigenvalue weighted by molar-refractivity contribution is 5.66. The van der Waals surface area contributed by atoms with Crippen molar-refractivity contribution in [3.63, 3.8) is 0 Å². The van der Waals surface area contributed by atoms with E-state index >= 15 is 0 Å². The summed E-state index contributed by atoms with van der Waals surface area (Å²) in [5.41, 5.74) is 4.45. The molecule has 0 fully saturated rings. The zero-order valence-electron chi connectivity index (χ0n) is 17.7. The Labute approximate surface area is 189 Å². The summed E-state index contributed by atoms with van der Waals surface area (Å²) in [7, 11) is 0. The number of rotatable bonds is 4. The molecule has 0 amide bonds. The summed E-state index contributed by atoms with van der Waals surface area (Å²) in [5.74, 6) is 2.16. The number of aromatic nitrogens is 5. The van der Waals surface area contributed by atoms with E-state index in [-0.39, 0.29) is 18.3 Å². The largest absolute Gasteiger partial charge is 0.508 e. The molecule has 5 aromatic rings. The van der Waals surface area contributed by atoms with E-state index < -0.39 is 0 Å². The van der Waals surface area contributed by atoms with Crippen molar-refractivity contribution >= 4 is 5.65 Å². The fraction of sp³-hybridized carbons (Fsp3) is 0.120. The molecule has 6 rings (SSSR count). The molecule has 1 atom stereocenters. The quantitative estimate of drug-likeness (QED) is 0.437. The first kappa shape index (κ1) is 19.2. The molecule has 8 nitrogen and oxygen atoms in total. The predicted octanol–water partition coefficient (Wildman–Crippen LogP) is 4.40. The van der Waals surface area contributed by atoms with Crippen LogP contribution in [0.4, 0.5) is 0 Å². The Kier molecular flexibility index (Phi) is 4.43. The predicted molar refractivity (Wildman–Crippen MR) is 120 cm³/mol. The van der Waals surface area contributed by atoms with Gasteiger partial charge in [0.15, 0.2) is 11.5 Å². The number of aryl methyl sites for hydroxylation is 1. The van der Waals surface area contributed by atoms with Crippen molar-refractivity contribution in [1.82, 2.24) is 24.6 Å². The molecule has 162 valence electrons. The highest BCUT2D eigenvalue weighted by Gasteiger charge is 2.33. The molecular weight excluding hydrogens is 418 g/mol. The third-order valence-corrected chi connectivity index (χ3v) is 5.64. The molecule has 0 aliphatic carbocycles. The van der Waals surface area contributed by atoms with Crippen molar-refractivity contribution in [1.29, 1.82) is 0 Å². The van der Waals surface area contributed by atoms with Crippen LogP contribution in [0.3, 0.4) is 0 Å². The molecule has 0 saturated heterocycles. The van der Waals surface area contributed by atoms with Crippen LogP contribution in [0.1, 0.15) is 34.0 Å². The zero-order valence-corrected chi connectivity index (χ0v) is 17.7. The fourth-order valence-electron chi connectivity index (χ4n) is 4.08. The molecule has 1 N–H and O–H groups in total. The van der Waals surface area contributed by atoms with Gasteiger partial charge in [0.2, 0.25) is 5.88 Å². The first-order valence-corrected chi connectivity index (χ1v) is 10.5. The highest BCUT2D eigenvalue weighted by Crippen LogP contribution is 2.48. The van der Waals surface area contributed by atoms with Crippen LogP contribution in [0.5, 0.6) is 23.1 Å². The molecular formula is C25H19N5O3. The smallest absolute Gasteiger partial charge is 0.228 e. The number of fused-ring (bicyclic) bond motifs is 4. The van der Waals surface area contributed by atoms with E-state index in [4.69, 9.17) is 14.5 Å². The zero-order chi connectivity index (χ0) is 22.4. The Morgan fingerprint density at radius 3 is 2.82 bits per heavy atom. The lowest BCUT2D eigenvalue weighted by atomic mass is 9.84. The molecule has 1 unspecified atom stereocenters. The lowest BCUT2D eigenvalue weighted by molar-refractivity contribution is 0.296. The maximum Gasteiger partial charge on any atom is 0.228 e. The summed E-state index contributed by atoms with van der Waals surface area (Å²) in [5, 5.41) is 14.5. The van der Waals surface area contributed by atoms with Gasteiger partial charge >= 0.3 is 0 Å². The minimum Gasteiger partial charge on any atom is -0.508 e. The summed E-state index contributed by atoms with van der Waals surface area (Å²) in [6.07, 6.45) is 5.13. The average molecular weight is 437 g/mol. The Hall–Kier alpha value is -4.46. The van der Waals surface area contributed by atoms with Crippen LogP contribution in [0.15, 0.2) is 73.3 Å². The number of phenols is 1. The standard InChI is InChI=1S/C25H19N5O3/c1-15-4-7-18(8-5-15)32-13-21-28-24-23-22(16-3-2-10-26-12-16)19-9-6-17(31)11-20(19)33-25(23)27-14-30(24)29-21/h2-12,14,22,31H,13H2,1H3. The van der Waals surface area contributed by atoms with Crippen LogP contribution in [0.2, 0.25) is 0 Å². The number of hydrogen-bond acceptors (Lipinski definition) is 7. The molecule has 4 heterocycles. The Morgan fingerprint density at radius 1 is 1.12 bits per heavy atom. The van der Waals surface area contributed by atoms with E-state index in [9.17, 15) is 5.11 Å². The molecule has 33 heavy (non-hydrogen) atoms. The second-order valence-electron chi connectivity index (χ2n) is 7.90. The van der Waals surface area contributed by atoms with E-state index in [0.29, 0.717) is 23.1 Å². The maximum absolute atomic E-state index is 9.98. The lowest BCUT2D eigenvalue weighted by Crippen LogP contribution is -2.15. The van der Waals surface area contributed by atoms with Crippen LogP contribution in [0.25, 0.3) is 5.65 Å². The van der Waals surface area contributed by atoms with Gasteiger partial charge in [0.25, 0.3) is 0 Å². The van der Waals surface area contributed by atoms with Gasteiger partial charge in [-0.3, -0.25) is 4.98 Å². The van der Waals surface area contributed by atoms with Gasteiger partial charge in [-0.15, -0.1) is 5.10 Å². The average Bonchev–Trinajstić information content (AvgIpc) is 3.26. The molecule has 1 aliphatic rings. The Morgan fingerprint density at radius 2 is 2.00 bits per heavy atom. The summed E-state index contributed by atoms with van der Waals surface area (Å²) in [4.78, 5) is 13.6. The lowest BCUT2D eigenvalue weighted by Gasteiger charge is -2.27. The van der Waals surface area contributed by atoms with Crippen molar-refractivity contribution in [2.75, 3.05) is 0 Å². The maximum atomic E-state index is 9.98. The van der Waals surface area contributed by atoms with Crippen molar-refractivity contribution < 1.29 is 14.6 Å². The number of nitrogens with zero attached hydrogens (tertiary/aromatic N) is 5. The third-order valence-electron chi connectivity index (χ3n) is 5.64. The molecule has 0 saturated carbocycles. The van der Waals surface area contributed by atoms with Crippen LogP contribution < -0.4 is 9.47 Å². The van der Waals surface area contributed by atoms with Gasteiger partial charge in [0.05, 0.1) is 5.56 Å². The minimum atomic E-state index is -0.232. The number of pyridine rings is 1. The molecule has 0 radical (unpaired) electrons. The van der Waals surface area contributed by atoms with Gasteiger partial charge in [0.1, 0.15) is 30.2 Å². The molecule has 8 heteroatoms. The van der Waals surface area contributed by atoms with E-state index in [1.807, 2.05) is 55.6 Å². The number of ether oxygens (including phenoxy) is 2. The number of aromatic hydroxyl groups is 1. The second-order valence-corrected chi connectivity index (χ2v) is 7.90. The van der Waals surface area contributed by atoms with Crippen molar-refractivity contribution in [2.45, 2.75) is 19.4 Å². The third kappa shape index (κ3) is 3.41. The van der Waals surface area contributed by atoms with E-state index in [1.165, 1.54) is 5.56 Å².